The monoisotopic (exact) mass is 490 g/mol. The Morgan fingerprint density at radius 3 is 2.11 bits per heavy atom. The van der Waals surface area contributed by atoms with Crippen LogP contribution in [0.15, 0.2) is 48.5 Å². The van der Waals surface area contributed by atoms with Crippen molar-refractivity contribution in [3.63, 3.8) is 0 Å². The number of para-hydroxylation sites is 2. The van der Waals surface area contributed by atoms with E-state index in [9.17, 15) is 24.9 Å². The smallest absolute Gasteiger partial charge is 0.342 e. The van der Waals surface area contributed by atoms with Gasteiger partial charge in [0.2, 0.25) is 0 Å². The van der Waals surface area contributed by atoms with Gasteiger partial charge in [0, 0.05) is 13.2 Å². The summed E-state index contributed by atoms with van der Waals surface area (Å²) in [5.74, 6) is -2.30. The molecule has 0 bridgehead atoms. The Hall–Kier alpha value is -3.18. The SMILES string of the molecule is CCCO[C@H]1[C@@H](C(COC(=O)c2ccccc2O)OC(=O)c2ccccc2O)OC(OCC)[C@@H]1O. The Labute approximate surface area is 203 Å². The van der Waals surface area contributed by atoms with Crippen molar-refractivity contribution in [2.24, 2.45) is 0 Å². The molecule has 35 heavy (non-hydrogen) atoms. The van der Waals surface area contributed by atoms with Gasteiger partial charge in [-0.05, 0) is 37.6 Å². The molecule has 0 aliphatic carbocycles. The van der Waals surface area contributed by atoms with Crippen molar-refractivity contribution in [3.8, 4) is 11.5 Å². The Balaban J connectivity index is 1.85. The molecule has 1 aliphatic rings. The zero-order valence-electron chi connectivity index (χ0n) is 19.5. The molecule has 1 fully saturated rings. The fraction of sp³-hybridized carbons (Fsp3) is 0.440. The molecule has 5 atom stereocenters. The average Bonchev–Trinajstić information content (AvgIpc) is 3.15. The molecule has 10 heteroatoms. The molecule has 0 spiro atoms. The second-order valence-electron chi connectivity index (χ2n) is 7.83. The minimum absolute atomic E-state index is 0.0726. The first kappa shape index (κ1) is 26.4. The second kappa shape index (κ2) is 12.5. The lowest BCUT2D eigenvalue weighted by Gasteiger charge is -2.27. The molecule has 3 rings (SSSR count). The maximum absolute atomic E-state index is 12.9. The highest BCUT2D eigenvalue weighted by Crippen LogP contribution is 2.30. The number of aliphatic hydroxyl groups excluding tert-OH is 1. The van der Waals surface area contributed by atoms with Crippen LogP contribution in [0.5, 0.6) is 11.5 Å². The van der Waals surface area contributed by atoms with Crippen molar-refractivity contribution >= 4 is 11.9 Å². The summed E-state index contributed by atoms with van der Waals surface area (Å²) in [5, 5.41) is 30.7. The summed E-state index contributed by atoms with van der Waals surface area (Å²) < 4.78 is 28.0. The number of phenolic OH excluding ortho intramolecular Hbond substituents is 2. The summed E-state index contributed by atoms with van der Waals surface area (Å²) >= 11 is 0. The van der Waals surface area contributed by atoms with Gasteiger partial charge in [-0.25, -0.2) is 9.59 Å². The molecular weight excluding hydrogens is 460 g/mol. The van der Waals surface area contributed by atoms with Gasteiger partial charge in [0.15, 0.2) is 12.4 Å². The molecule has 3 N–H and O–H groups in total. The summed E-state index contributed by atoms with van der Waals surface area (Å²) in [5.41, 5.74) is -0.174. The first-order valence-corrected chi connectivity index (χ1v) is 11.4. The molecular formula is C25H30O10. The predicted molar refractivity (Wildman–Crippen MR) is 122 cm³/mol. The van der Waals surface area contributed by atoms with Crippen LogP contribution in [-0.2, 0) is 23.7 Å². The Bertz CT molecular complexity index is 994. The number of carbonyl (C=O) groups is 2. The Kier molecular flexibility index (Phi) is 9.44. The van der Waals surface area contributed by atoms with Crippen molar-refractivity contribution in [3.05, 3.63) is 59.7 Å². The number of hydrogen-bond acceptors (Lipinski definition) is 10. The predicted octanol–water partition coefficient (Wildman–Crippen LogP) is 2.40. The van der Waals surface area contributed by atoms with E-state index in [4.69, 9.17) is 23.7 Å². The van der Waals surface area contributed by atoms with E-state index in [-0.39, 0.29) is 35.8 Å². The normalized spacial score (nSPS) is 22.5. The summed E-state index contributed by atoms with van der Waals surface area (Å²) in [4.78, 5) is 25.4. The molecule has 2 aromatic carbocycles. The van der Waals surface area contributed by atoms with Crippen LogP contribution >= 0.6 is 0 Å². The lowest BCUT2D eigenvalue weighted by molar-refractivity contribution is -0.179. The minimum Gasteiger partial charge on any atom is -0.507 e. The van der Waals surface area contributed by atoms with Crippen LogP contribution < -0.4 is 0 Å². The van der Waals surface area contributed by atoms with E-state index < -0.39 is 49.3 Å². The highest BCUT2D eigenvalue weighted by molar-refractivity contribution is 5.93. The van der Waals surface area contributed by atoms with Crippen LogP contribution in [0, 0.1) is 0 Å². The van der Waals surface area contributed by atoms with Gasteiger partial charge in [-0.3, -0.25) is 0 Å². The molecule has 2 aromatic rings. The molecule has 0 saturated carbocycles. The van der Waals surface area contributed by atoms with Gasteiger partial charge in [-0.15, -0.1) is 0 Å². The number of carbonyl (C=O) groups excluding carboxylic acids is 2. The van der Waals surface area contributed by atoms with Crippen LogP contribution in [0.3, 0.4) is 0 Å². The van der Waals surface area contributed by atoms with Gasteiger partial charge in [-0.2, -0.15) is 0 Å². The molecule has 0 amide bonds. The van der Waals surface area contributed by atoms with Crippen LogP contribution in [0.2, 0.25) is 0 Å². The number of aromatic hydroxyl groups is 2. The van der Waals surface area contributed by atoms with E-state index >= 15 is 0 Å². The second-order valence-corrected chi connectivity index (χ2v) is 7.83. The fourth-order valence-electron chi connectivity index (χ4n) is 3.64. The van der Waals surface area contributed by atoms with Crippen molar-refractivity contribution < 1.29 is 48.6 Å². The molecule has 1 heterocycles. The standard InChI is InChI=1S/C25H30O10/c1-3-13-32-22-20(28)25(31-4-2)35-21(22)19(34-24(30)16-10-6-8-12-18(16)27)14-33-23(29)15-9-5-7-11-17(15)26/h5-12,19-22,25-28H,3-4,13-14H2,1-2H3/t19?,20-,21-,22-,25?/m1/s1. The fourth-order valence-corrected chi connectivity index (χ4v) is 3.64. The lowest BCUT2D eigenvalue weighted by atomic mass is 10.1. The van der Waals surface area contributed by atoms with E-state index in [1.165, 1.54) is 24.3 Å². The third-order valence-electron chi connectivity index (χ3n) is 5.33. The van der Waals surface area contributed by atoms with Crippen LogP contribution in [0.1, 0.15) is 41.0 Å². The zero-order chi connectivity index (χ0) is 25.4. The number of benzene rings is 2. The van der Waals surface area contributed by atoms with Crippen molar-refractivity contribution in [1.29, 1.82) is 0 Å². The molecule has 1 aliphatic heterocycles. The highest BCUT2D eigenvalue weighted by atomic mass is 16.7. The third kappa shape index (κ3) is 6.49. The number of hydrogen-bond donors (Lipinski definition) is 3. The number of rotatable bonds is 11. The van der Waals surface area contributed by atoms with Crippen LogP contribution in [-0.4, -0.2) is 77.8 Å². The van der Waals surface area contributed by atoms with Crippen molar-refractivity contribution in [2.45, 2.75) is 51.0 Å². The summed E-state index contributed by atoms with van der Waals surface area (Å²) in [6.07, 6.45) is -4.82. The van der Waals surface area contributed by atoms with E-state index in [1.807, 2.05) is 6.92 Å². The molecule has 10 nitrogen and oxygen atoms in total. The van der Waals surface area contributed by atoms with Crippen LogP contribution in [0.25, 0.3) is 0 Å². The van der Waals surface area contributed by atoms with Crippen molar-refractivity contribution in [2.75, 3.05) is 19.8 Å². The first-order chi connectivity index (χ1) is 16.9. The van der Waals surface area contributed by atoms with E-state index in [1.54, 1.807) is 31.2 Å². The topological polar surface area (TPSA) is 141 Å². The van der Waals surface area contributed by atoms with Gasteiger partial charge in [0.1, 0.15) is 47.5 Å². The molecule has 2 unspecified atom stereocenters. The number of aliphatic hydroxyl groups is 1. The van der Waals surface area contributed by atoms with Gasteiger partial charge in [-0.1, -0.05) is 31.2 Å². The first-order valence-electron chi connectivity index (χ1n) is 11.4. The largest absolute Gasteiger partial charge is 0.507 e. The summed E-state index contributed by atoms with van der Waals surface area (Å²) in [6, 6.07) is 11.6. The van der Waals surface area contributed by atoms with E-state index in [0.717, 1.165) is 0 Å². The number of phenols is 2. The van der Waals surface area contributed by atoms with Gasteiger partial charge < -0.3 is 39.0 Å². The van der Waals surface area contributed by atoms with E-state index in [0.29, 0.717) is 6.42 Å². The quantitative estimate of drug-likeness (QED) is 0.402. The Morgan fingerprint density at radius 1 is 0.943 bits per heavy atom. The van der Waals surface area contributed by atoms with Gasteiger partial charge in [0.05, 0.1) is 0 Å². The number of esters is 2. The number of ether oxygens (including phenoxy) is 5. The lowest BCUT2D eigenvalue weighted by Crippen LogP contribution is -2.45. The maximum atomic E-state index is 12.9. The highest BCUT2D eigenvalue weighted by Gasteiger charge is 2.50. The average molecular weight is 491 g/mol. The van der Waals surface area contributed by atoms with Crippen LogP contribution in [0.4, 0.5) is 0 Å². The van der Waals surface area contributed by atoms with Gasteiger partial charge in [0.25, 0.3) is 0 Å². The molecule has 0 radical (unpaired) electrons. The maximum Gasteiger partial charge on any atom is 0.342 e. The third-order valence-corrected chi connectivity index (χ3v) is 5.33. The summed E-state index contributed by atoms with van der Waals surface area (Å²) in [6.45, 7) is 3.68. The molecule has 1 saturated heterocycles. The summed E-state index contributed by atoms with van der Waals surface area (Å²) in [7, 11) is 0. The van der Waals surface area contributed by atoms with Crippen molar-refractivity contribution in [1.82, 2.24) is 0 Å². The Morgan fingerprint density at radius 2 is 1.54 bits per heavy atom. The molecule has 190 valence electrons. The van der Waals surface area contributed by atoms with E-state index in [2.05, 4.69) is 0 Å². The molecule has 0 aromatic heterocycles. The zero-order valence-corrected chi connectivity index (χ0v) is 19.5. The minimum atomic E-state index is -1.24. The van der Waals surface area contributed by atoms with Gasteiger partial charge >= 0.3 is 11.9 Å².